The first kappa shape index (κ1) is 15.9. The molecule has 1 aliphatic rings. The van der Waals surface area contributed by atoms with Crippen LogP contribution in [0.15, 0.2) is 18.2 Å². The summed E-state index contributed by atoms with van der Waals surface area (Å²) >= 11 is 1.43. The molecule has 1 aliphatic carbocycles. The van der Waals surface area contributed by atoms with Gasteiger partial charge in [-0.1, -0.05) is 36.7 Å². The summed E-state index contributed by atoms with van der Waals surface area (Å²) in [5.74, 6) is -0.0426. The second-order valence-corrected chi connectivity index (χ2v) is 7.11. The number of hydrogen-bond donors (Lipinski definition) is 2. The number of amides is 2. The predicted octanol–water partition coefficient (Wildman–Crippen LogP) is 3.25. The smallest absolute Gasteiger partial charge is 0.224 e. The molecule has 1 heterocycles. The molecule has 5 nitrogen and oxygen atoms in total. The van der Waals surface area contributed by atoms with E-state index in [1.807, 2.05) is 18.2 Å². The molecule has 0 bridgehead atoms. The van der Waals surface area contributed by atoms with Crippen LogP contribution in [0.5, 0.6) is 0 Å². The van der Waals surface area contributed by atoms with Gasteiger partial charge in [-0.25, -0.2) is 4.98 Å². The van der Waals surface area contributed by atoms with E-state index in [4.69, 9.17) is 0 Å². The minimum atomic E-state index is -0.129. The molecule has 2 N–H and O–H groups in total. The summed E-state index contributed by atoms with van der Waals surface area (Å²) < 4.78 is 0.983. The van der Waals surface area contributed by atoms with E-state index < -0.39 is 0 Å². The number of rotatable bonds is 4. The average molecular weight is 331 g/mol. The summed E-state index contributed by atoms with van der Waals surface area (Å²) in [4.78, 5) is 27.6. The molecule has 0 radical (unpaired) electrons. The third-order valence-electron chi connectivity index (χ3n) is 4.07. The van der Waals surface area contributed by atoms with Crippen LogP contribution >= 0.6 is 11.3 Å². The van der Waals surface area contributed by atoms with Crippen LogP contribution in [0.3, 0.4) is 0 Å². The van der Waals surface area contributed by atoms with Gasteiger partial charge in [-0.2, -0.15) is 0 Å². The number of fused-ring (bicyclic) bond motifs is 1. The van der Waals surface area contributed by atoms with Crippen molar-refractivity contribution in [3.63, 3.8) is 0 Å². The SMILES string of the molecule is CC(=O)Nc1nc2ccc(CC(=O)NC3CCCCC3)cc2s1. The molecule has 1 fully saturated rings. The van der Waals surface area contributed by atoms with Crippen molar-refractivity contribution in [2.45, 2.75) is 51.5 Å². The molecule has 2 amide bonds. The summed E-state index contributed by atoms with van der Waals surface area (Å²) in [6.07, 6.45) is 6.29. The molecular formula is C17H21N3O2S. The lowest BCUT2D eigenvalue weighted by atomic mass is 9.95. The molecule has 0 atom stereocenters. The van der Waals surface area contributed by atoms with E-state index in [1.54, 1.807) is 0 Å². The van der Waals surface area contributed by atoms with E-state index in [1.165, 1.54) is 37.5 Å². The van der Waals surface area contributed by atoms with Crippen molar-refractivity contribution in [2.24, 2.45) is 0 Å². The van der Waals surface area contributed by atoms with Gasteiger partial charge in [0.2, 0.25) is 11.8 Å². The molecule has 0 aliphatic heterocycles. The van der Waals surface area contributed by atoms with Gasteiger partial charge in [0.15, 0.2) is 5.13 Å². The van der Waals surface area contributed by atoms with Crippen molar-refractivity contribution >= 4 is 38.5 Å². The van der Waals surface area contributed by atoms with Crippen molar-refractivity contribution in [3.8, 4) is 0 Å². The maximum atomic E-state index is 12.2. The third kappa shape index (κ3) is 4.28. The minimum Gasteiger partial charge on any atom is -0.353 e. The number of aromatic nitrogens is 1. The summed E-state index contributed by atoms with van der Waals surface area (Å²) in [6, 6.07) is 6.16. The van der Waals surface area contributed by atoms with E-state index >= 15 is 0 Å². The van der Waals surface area contributed by atoms with Crippen LogP contribution in [0.25, 0.3) is 10.2 Å². The molecule has 0 unspecified atom stereocenters. The molecular weight excluding hydrogens is 310 g/mol. The van der Waals surface area contributed by atoms with Crippen molar-refractivity contribution < 1.29 is 9.59 Å². The van der Waals surface area contributed by atoms with Crippen LogP contribution in [0, 0.1) is 0 Å². The van der Waals surface area contributed by atoms with Crippen LogP contribution in [-0.4, -0.2) is 22.8 Å². The maximum Gasteiger partial charge on any atom is 0.224 e. The van der Waals surface area contributed by atoms with E-state index in [0.717, 1.165) is 28.6 Å². The number of carbonyl (C=O) groups excluding carboxylic acids is 2. The normalized spacial score (nSPS) is 15.5. The highest BCUT2D eigenvalue weighted by Crippen LogP contribution is 2.27. The largest absolute Gasteiger partial charge is 0.353 e. The number of thiazole rings is 1. The van der Waals surface area contributed by atoms with Crippen molar-refractivity contribution in [2.75, 3.05) is 5.32 Å². The molecule has 1 aromatic carbocycles. The Bertz CT molecular complexity index is 720. The fraction of sp³-hybridized carbons (Fsp3) is 0.471. The van der Waals surface area contributed by atoms with Crippen LogP contribution in [0.1, 0.15) is 44.6 Å². The Morgan fingerprint density at radius 2 is 2.04 bits per heavy atom. The second kappa shape index (κ2) is 7.08. The number of hydrogen-bond acceptors (Lipinski definition) is 4. The molecule has 1 aromatic heterocycles. The van der Waals surface area contributed by atoms with Gasteiger partial charge in [-0.3, -0.25) is 9.59 Å². The van der Waals surface area contributed by atoms with E-state index in [-0.39, 0.29) is 11.8 Å². The molecule has 122 valence electrons. The minimum absolute atomic E-state index is 0.0860. The Morgan fingerprint density at radius 3 is 2.78 bits per heavy atom. The zero-order chi connectivity index (χ0) is 16.2. The number of anilines is 1. The molecule has 1 saturated carbocycles. The summed E-state index contributed by atoms with van der Waals surface area (Å²) in [5, 5.41) is 6.43. The molecule has 2 aromatic rings. The maximum absolute atomic E-state index is 12.2. The standard InChI is InChI=1S/C17H21N3O2S/c1-11(21)18-17-20-14-8-7-12(9-15(14)23-17)10-16(22)19-13-5-3-2-4-6-13/h7-9,13H,2-6,10H2,1H3,(H,19,22)(H,18,20,21). The Balaban J connectivity index is 1.65. The van der Waals surface area contributed by atoms with Gasteiger partial charge in [0.25, 0.3) is 0 Å². The van der Waals surface area contributed by atoms with Gasteiger partial charge < -0.3 is 10.6 Å². The lowest BCUT2D eigenvalue weighted by molar-refractivity contribution is -0.121. The van der Waals surface area contributed by atoms with Gasteiger partial charge in [0.05, 0.1) is 16.6 Å². The molecule has 0 spiro atoms. The van der Waals surface area contributed by atoms with E-state index in [9.17, 15) is 9.59 Å². The molecule has 3 rings (SSSR count). The lowest BCUT2D eigenvalue weighted by Crippen LogP contribution is -2.37. The third-order valence-corrected chi connectivity index (χ3v) is 5.00. The van der Waals surface area contributed by atoms with Gasteiger partial charge in [0, 0.05) is 13.0 Å². The van der Waals surface area contributed by atoms with Crippen molar-refractivity contribution in [1.29, 1.82) is 0 Å². The van der Waals surface area contributed by atoms with Crippen LogP contribution in [0.2, 0.25) is 0 Å². The highest BCUT2D eigenvalue weighted by atomic mass is 32.1. The van der Waals surface area contributed by atoms with Crippen LogP contribution in [0.4, 0.5) is 5.13 Å². The summed E-state index contributed by atoms with van der Waals surface area (Å²) in [6.45, 7) is 1.47. The quantitative estimate of drug-likeness (QED) is 0.903. The van der Waals surface area contributed by atoms with E-state index in [2.05, 4.69) is 15.6 Å². The first-order chi connectivity index (χ1) is 11.1. The molecule has 0 saturated heterocycles. The Labute approximate surface area is 139 Å². The van der Waals surface area contributed by atoms with Crippen molar-refractivity contribution in [1.82, 2.24) is 10.3 Å². The van der Waals surface area contributed by atoms with Gasteiger partial charge in [-0.15, -0.1) is 0 Å². The number of benzene rings is 1. The lowest BCUT2D eigenvalue weighted by Gasteiger charge is -2.22. The fourth-order valence-electron chi connectivity index (χ4n) is 2.99. The first-order valence-corrected chi connectivity index (χ1v) is 8.88. The van der Waals surface area contributed by atoms with Gasteiger partial charge >= 0.3 is 0 Å². The topological polar surface area (TPSA) is 71.1 Å². The monoisotopic (exact) mass is 331 g/mol. The Morgan fingerprint density at radius 1 is 1.26 bits per heavy atom. The van der Waals surface area contributed by atoms with Crippen molar-refractivity contribution in [3.05, 3.63) is 23.8 Å². The average Bonchev–Trinajstić information content (AvgIpc) is 2.88. The zero-order valence-electron chi connectivity index (χ0n) is 13.2. The van der Waals surface area contributed by atoms with Crippen LogP contribution < -0.4 is 10.6 Å². The number of nitrogens with one attached hydrogen (secondary N) is 2. The second-order valence-electron chi connectivity index (χ2n) is 6.08. The number of nitrogens with zero attached hydrogens (tertiary/aromatic N) is 1. The summed E-state index contributed by atoms with van der Waals surface area (Å²) in [7, 11) is 0. The van der Waals surface area contributed by atoms with Crippen LogP contribution in [-0.2, 0) is 16.0 Å². The molecule has 23 heavy (non-hydrogen) atoms. The van der Waals surface area contributed by atoms with Gasteiger partial charge in [0.1, 0.15) is 0 Å². The predicted molar refractivity (Wildman–Crippen MR) is 92.6 cm³/mol. The number of carbonyl (C=O) groups is 2. The summed E-state index contributed by atoms with van der Waals surface area (Å²) in [5.41, 5.74) is 1.82. The van der Waals surface area contributed by atoms with Gasteiger partial charge in [-0.05, 0) is 30.5 Å². The van der Waals surface area contributed by atoms with E-state index in [0.29, 0.717) is 17.6 Å². The first-order valence-electron chi connectivity index (χ1n) is 8.06. The Hall–Kier alpha value is -1.95. The fourth-order valence-corrected chi connectivity index (χ4v) is 3.97. The highest BCUT2D eigenvalue weighted by molar-refractivity contribution is 7.22. The zero-order valence-corrected chi connectivity index (χ0v) is 14.0. The highest BCUT2D eigenvalue weighted by Gasteiger charge is 2.16. The Kier molecular flexibility index (Phi) is 4.91. The molecule has 6 heteroatoms.